The van der Waals surface area contributed by atoms with Crippen molar-refractivity contribution < 1.29 is 18.0 Å². The van der Waals surface area contributed by atoms with Crippen LogP contribution < -0.4 is 5.32 Å². The number of hydrogen-bond donors (Lipinski definition) is 1. The molecule has 6 heteroatoms. The highest BCUT2D eigenvalue weighted by atomic mass is 19.4. The summed E-state index contributed by atoms with van der Waals surface area (Å²) in [5.74, 6) is -2.96. The number of aromatic nitrogens is 1. The Bertz CT molecular complexity index is 447. The van der Waals surface area contributed by atoms with Gasteiger partial charge in [0.05, 0.1) is 5.92 Å². The van der Waals surface area contributed by atoms with Gasteiger partial charge in [-0.3, -0.25) is 9.78 Å². The largest absolute Gasteiger partial charge is 0.392 e. The normalized spacial score (nSPS) is 23.4. The maximum atomic E-state index is 12.9. The predicted molar refractivity (Wildman–Crippen MR) is 67.6 cm³/mol. The Morgan fingerprint density at radius 1 is 1.25 bits per heavy atom. The van der Waals surface area contributed by atoms with Gasteiger partial charge in [0.15, 0.2) is 0 Å². The standard InChI is InChI=1S/C14H17F3N2O/c15-14(16,17)12-4-2-1-3-11(12)13(20)19-9-10-5-7-18-8-6-10/h5-8,11-12H,1-4,9H2,(H,19,20)/t11-,12-/m0/s1. The average Bonchev–Trinajstić information content (AvgIpc) is 2.45. The van der Waals surface area contributed by atoms with Gasteiger partial charge in [0, 0.05) is 24.9 Å². The zero-order valence-electron chi connectivity index (χ0n) is 11.0. The molecule has 1 aromatic heterocycles. The SMILES string of the molecule is O=C(NCc1ccncc1)[C@H]1CCCC[C@@H]1C(F)(F)F. The van der Waals surface area contributed by atoms with Crippen LogP contribution in [0.3, 0.4) is 0 Å². The summed E-state index contributed by atoms with van der Waals surface area (Å²) in [6.07, 6.45) is 0.460. The number of nitrogens with zero attached hydrogens (tertiary/aromatic N) is 1. The fraction of sp³-hybridized carbons (Fsp3) is 0.571. The van der Waals surface area contributed by atoms with Gasteiger partial charge in [-0.15, -0.1) is 0 Å². The van der Waals surface area contributed by atoms with E-state index in [-0.39, 0.29) is 13.0 Å². The van der Waals surface area contributed by atoms with Crippen LogP contribution in [0.15, 0.2) is 24.5 Å². The molecule has 0 bridgehead atoms. The lowest BCUT2D eigenvalue weighted by atomic mass is 9.78. The Balaban J connectivity index is 1.96. The highest BCUT2D eigenvalue weighted by Crippen LogP contribution is 2.41. The van der Waals surface area contributed by atoms with Crippen molar-refractivity contribution in [1.29, 1.82) is 0 Å². The Labute approximate surface area is 115 Å². The molecule has 1 aliphatic carbocycles. The van der Waals surface area contributed by atoms with Crippen molar-refractivity contribution in [2.45, 2.75) is 38.4 Å². The van der Waals surface area contributed by atoms with E-state index >= 15 is 0 Å². The van der Waals surface area contributed by atoms with E-state index in [0.29, 0.717) is 19.3 Å². The lowest BCUT2D eigenvalue weighted by molar-refractivity contribution is -0.198. The number of alkyl halides is 3. The number of rotatable bonds is 3. The van der Waals surface area contributed by atoms with Crippen molar-refractivity contribution in [1.82, 2.24) is 10.3 Å². The van der Waals surface area contributed by atoms with E-state index in [4.69, 9.17) is 0 Å². The topological polar surface area (TPSA) is 42.0 Å². The first-order valence-electron chi connectivity index (χ1n) is 6.72. The number of amides is 1. The van der Waals surface area contributed by atoms with Crippen LogP contribution in [0, 0.1) is 11.8 Å². The zero-order valence-corrected chi connectivity index (χ0v) is 11.0. The second kappa shape index (κ2) is 6.24. The van der Waals surface area contributed by atoms with Crippen molar-refractivity contribution in [2.75, 3.05) is 0 Å². The van der Waals surface area contributed by atoms with Crippen LogP contribution in [0.25, 0.3) is 0 Å². The second-order valence-electron chi connectivity index (χ2n) is 5.11. The van der Waals surface area contributed by atoms with Gasteiger partial charge in [-0.1, -0.05) is 12.8 Å². The predicted octanol–water partition coefficient (Wildman–Crippen LogP) is 3.07. The summed E-state index contributed by atoms with van der Waals surface area (Å²) in [6.45, 7) is 0.239. The molecule has 110 valence electrons. The van der Waals surface area contributed by atoms with Crippen LogP contribution >= 0.6 is 0 Å². The lowest BCUT2D eigenvalue weighted by Crippen LogP contribution is -2.42. The average molecular weight is 286 g/mol. The molecule has 0 saturated heterocycles. The van der Waals surface area contributed by atoms with Gasteiger partial charge in [-0.05, 0) is 30.5 Å². The van der Waals surface area contributed by atoms with Gasteiger partial charge in [-0.25, -0.2) is 0 Å². The first kappa shape index (κ1) is 14.8. The Hall–Kier alpha value is -1.59. The highest BCUT2D eigenvalue weighted by Gasteiger charge is 2.47. The number of carbonyl (C=O) groups excluding carboxylic acids is 1. The van der Waals surface area contributed by atoms with Gasteiger partial charge in [0.2, 0.25) is 5.91 Å². The third kappa shape index (κ3) is 3.71. The van der Waals surface area contributed by atoms with E-state index in [1.807, 2.05) is 0 Å². The van der Waals surface area contributed by atoms with Crippen molar-refractivity contribution in [3.8, 4) is 0 Å². The molecule has 20 heavy (non-hydrogen) atoms. The molecule has 0 aromatic carbocycles. The second-order valence-corrected chi connectivity index (χ2v) is 5.11. The molecule has 1 saturated carbocycles. The molecule has 0 aliphatic heterocycles. The fourth-order valence-electron chi connectivity index (χ4n) is 2.66. The van der Waals surface area contributed by atoms with Crippen molar-refractivity contribution >= 4 is 5.91 Å². The molecule has 3 nitrogen and oxygen atoms in total. The quantitative estimate of drug-likeness (QED) is 0.928. The summed E-state index contributed by atoms with van der Waals surface area (Å²) in [5, 5.41) is 2.60. The summed E-state index contributed by atoms with van der Waals surface area (Å²) in [7, 11) is 0. The van der Waals surface area contributed by atoms with Crippen LogP contribution in [0.4, 0.5) is 13.2 Å². The third-order valence-corrected chi connectivity index (χ3v) is 3.74. The maximum absolute atomic E-state index is 12.9. The van der Waals surface area contributed by atoms with E-state index in [0.717, 1.165) is 5.56 Å². The van der Waals surface area contributed by atoms with Crippen LogP contribution in [0.1, 0.15) is 31.2 Å². The monoisotopic (exact) mass is 286 g/mol. The first-order chi connectivity index (χ1) is 9.48. The first-order valence-corrected chi connectivity index (χ1v) is 6.72. The van der Waals surface area contributed by atoms with Crippen molar-refractivity contribution in [3.05, 3.63) is 30.1 Å². The maximum Gasteiger partial charge on any atom is 0.392 e. The molecule has 2 atom stereocenters. The fourth-order valence-corrected chi connectivity index (χ4v) is 2.66. The molecule has 1 aromatic rings. The van der Waals surface area contributed by atoms with E-state index in [1.54, 1.807) is 24.5 Å². The van der Waals surface area contributed by atoms with Gasteiger partial charge in [0.25, 0.3) is 0 Å². The minimum atomic E-state index is -4.29. The molecule has 0 unspecified atom stereocenters. The number of hydrogen-bond acceptors (Lipinski definition) is 2. The number of nitrogens with one attached hydrogen (secondary N) is 1. The van der Waals surface area contributed by atoms with Gasteiger partial charge >= 0.3 is 6.18 Å². The molecular weight excluding hydrogens is 269 g/mol. The lowest BCUT2D eigenvalue weighted by Gasteiger charge is -2.32. The molecule has 2 rings (SSSR count). The van der Waals surface area contributed by atoms with Crippen molar-refractivity contribution in [2.24, 2.45) is 11.8 Å². The van der Waals surface area contributed by atoms with Gasteiger partial charge < -0.3 is 5.32 Å². The van der Waals surface area contributed by atoms with Crippen LogP contribution in [0.2, 0.25) is 0 Å². The minimum absolute atomic E-state index is 0.0524. The van der Waals surface area contributed by atoms with E-state index in [1.165, 1.54) is 0 Å². The van der Waals surface area contributed by atoms with Crippen LogP contribution in [0.5, 0.6) is 0 Å². The van der Waals surface area contributed by atoms with Gasteiger partial charge in [0.1, 0.15) is 0 Å². The molecule has 1 N–H and O–H groups in total. The third-order valence-electron chi connectivity index (χ3n) is 3.74. The Morgan fingerprint density at radius 3 is 2.55 bits per heavy atom. The molecule has 1 heterocycles. The number of halogens is 3. The van der Waals surface area contributed by atoms with Crippen LogP contribution in [-0.4, -0.2) is 17.1 Å². The molecule has 1 fully saturated rings. The van der Waals surface area contributed by atoms with E-state index < -0.39 is 23.9 Å². The molecule has 1 aliphatic rings. The summed E-state index contributed by atoms with van der Waals surface area (Å²) >= 11 is 0. The summed E-state index contributed by atoms with van der Waals surface area (Å²) in [6, 6.07) is 3.45. The Kier molecular flexibility index (Phi) is 4.62. The molecular formula is C14H17F3N2O. The Morgan fingerprint density at radius 2 is 1.90 bits per heavy atom. The van der Waals surface area contributed by atoms with E-state index in [9.17, 15) is 18.0 Å². The van der Waals surface area contributed by atoms with Crippen LogP contribution in [-0.2, 0) is 11.3 Å². The number of carbonyl (C=O) groups is 1. The summed E-state index contributed by atoms with van der Waals surface area (Å²) in [5.41, 5.74) is 0.827. The molecule has 0 spiro atoms. The minimum Gasteiger partial charge on any atom is -0.352 e. The van der Waals surface area contributed by atoms with E-state index in [2.05, 4.69) is 10.3 Å². The molecule has 1 amide bonds. The smallest absolute Gasteiger partial charge is 0.352 e. The zero-order chi connectivity index (χ0) is 14.6. The number of pyridine rings is 1. The highest BCUT2D eigenvalue weighted by molar-refractivity contribution is 5.79. The van der Waals surface area contributed by atoms with Crippen molar-refractivity contribution in [3.63, 3.8) is 0 Å². The van der Waals surface area contributed by atoms with Gasteiger partial charge in [-0.2, -0.15) is 13.2 Å². The molecule has 0 radical (unpaired) electrons. The summed E-state index contributed by atoms with van der Waals surface area (Å²) < 4.78 is 38.8. The summed E-state index contributed by atoms with van der Waals surface area (Å²) in [4.78, 5) is 15.8.